The lowest BCUT2D eigenvalue weighted by Crippen LogP contribution is -2.39. The number of guanidine groups is 1. The number of aliphatic imine (C=N–C) groups is 1. The molecule has 2 aromatic rings. The molecular formula is C19H22F4IN3O2. The highest BCUT2D eigenvalue weighted by Crippen LogP contribution is 2.24. The van der Waals surface area contributed by atoms with Gasteiger partial charge >= 0.3 is 6.36 Å². The Morgan fingerprint density at radius 2 is 1.83 bits per heavy atom. The Morgan fingerprint density at radius 1 is 1.14 bits per heavy atom. The maximum atomic E-state index is 13.2. The van der Waals surface area contributed by atoms with Crippen LogP contribution in [0.4, 0.5) is 17.6 Å². The number of ether oxygens (including phenoxy) is 1. The van der Waals surface area contributed by atoms with Crippen LogP contribution in [0.5, 0.6) is 5.75 Å². The summed E-state index contributed by atoms with van der Waals surface area (Å²) in [5, 5.41) is 16.2. The predicted octanol–water partition coefficient (Wildman–Crippen LogP) is 4.13. The van der Waals surface area contributed by atoms with Crippen LogP contribution in [0.3, 0.4) is 0 Å². The van der Waals surface area contributed by atoms with Crippen molar-refractivity contribution in [3.8, 4) is 5.75 Å². The van der Waals surface area contributed by atoms with Gasteiger partial charge in [0, 0.05) is 13.1 Å². The lowest BCUT2D eigenvalue weighted by Gasteiger charge is -2.16. The second-order valence-corrected chi connectivity index (χ2v) is 5.84. The smallest absolute Gasteiger partial charge is 0.406 e. The van der Waals surface area contributed by atoms with Crippen LogP contribution in [-0.2, 0) is 6.54 Å². The van der Waals surface area contributed by atoms with Gasteiger partial charge in [0.1, 0.15) is 11.6 Å². The van der Waals surface area contributed by atoms with E-state index in [4.69, 9.17) is 0 Å². The number of benzene rings is 2. The summed E-state index contributed by atoms with van der Waals surface area (Å²) in [6.07, 6.45) is -5.74. The average molecular weight is 527 g/mol. The van der Waals surface area contributed by atoms with E-state index in [0.29, 0.717) is 23.6 Å². The van der Waals surface area contributed by atoms with Crippen molar-refractivity contribution in [3.05, 3.63) is 65.5 Å². The molecule has 1 atom stereocenters. The molecule has 0 aliphatic carbocycles. The summed E-state index contributed by atoms with van der Waals surface area (Å²) in [7, 11) is 0. The zero-order valence-electron chi connectivity index (χ0n) is 15.5. The van der Waals surface area contributed by atoms with Crippen LogP contribution in [0.25, 0.3) is 0 Å². The fraction of sp³-hybridized carbons (Fsp3) is 0.316. The monoisotopic (exact) mass is 527 g/mol. The fourth-order valence-corrected chi connectivity index (χ4v) is 2.35. The zero-order valence-corrected chi connectivity index (χ0v) is 17.9. The van der Waals surface area contributed by atoms with Gasteiger partial charge in [0.15, 0.2) is 5.96 Å². The third kappa shape index (κ3) is 9.31. The molecular weight excluding hydrogens is 505 g/mol. The maximum Gasteiger partial charge on any atom is 0.573 e. The molecule has 2 aromatic carbocycles. The molecule has 0 radical (unpaired) electrons. The zero-order chi connectivity index (χ0) is 20.6. The third-order valence-corrected chi connectivity index (χ3v) is 3.61. The molecule has 0 bridgehead atoms. The number of nitrogens with zero attached hydrogens (tertiary/aromatic N) is 1. The van der Waals surface area contributed by atoms with E-state index in [2.05, 4.69) is 20.4 Å². The summed E-state index contributed by atoms with van der Waals surface area (Å²) in [5.41, 5.74) is 1.11. The Bertz CT molecular complexity index is 786. The van der Waals surface area contributed by atoms with E-state index in [1.54, 1.807) is 12.1 Å². The van der Waals surface area contributed by atoms with Gasteiger partial charge in [-0.1, -0.05) is 24.3 Å². The van der Waals surface area contributed by atoms with Crippen LogP contribution in [0.2, 0.25) is 0 Å². The van der Waals surface area contributed by atoms with Gasteiger partial charge in [-0.3, -0.25) is 0 Å². The topological polar surface area (TPSA) is 65.9 Å². The Hall–Kier alpha value is -2.08. The van der Waals surface area contributed by atoms with Gasteiger partial charge in [0.05, 0.1) is 12.6 Å². The van der Waals surface area contributed by atoms with Gasteiger partial charge in [-0.25, -0.2) is 9.38 Å². The molecule has 0 fully saturated rings. The van der Waals surface area contributed by atoms with Crippen molar-refractivity contribution in [1.82, 2.24) is 10.6 Å². The molecule has 0 aliphatic rings. The summed E-state index contributed by atoms with van der Waals surface area (Å²) in [6.45, 7) is 2.77. The van der Waals surface area contributed by atoms with E-state index >= 15 is 0 Å². The van der Waals surface area contributed by atoms with Crippen LogP contribution in [-0.4, -0.2) is 30.5 Å². The molecule has 1 unspecified atom stereocenters. The Morgan fingerprint density at radius 3 is 2.41 bits per heavy atom. The van der Waals surface area contributed by atoms with E-state index in [1.165, 1.54) is 24.3 Å². The van der Waals surface area contributed by atoms with Crippen LogP contribution in [0.1, 0.15) is 24.2 Å². The molecule has 0 aromatic heterocycles. The molecule has 0 spiro atoms. The summed E-state index contributed by atoms with van der Waals surface area (Å²) < 4.78 is 53.5. The molecule has 3 N–H and O–H groups in total. The molecule has 160 valence electrons. The lowest BCUT2D eigenvalue weighted by molar-refractivity contribution is -0.274. The van der Waals surface area contributed by atoms with Crippen molar-refractivity contribution in [2.45, 2.75) is 25.9 Å². The van der Waals surface area contributed by atoms with Gasteiger partial charge in [0.2, 0.25) is 0 Å². The van der Waals surface area contributed by atoms with Crippen LogP contribution in [0.15, 0.2) is 53.5 Å². The number of aliphatic hydroxyl groups is 1. The molecule has 0 heterocycles. The normalized spacial score (nSPS) is 12.7. The van der Waals surface area contributed by atoms with Gasteiger partial charge in [0.25, 0.3) is 0 Å². The number of hydrogen-bond acceptors (Lipinski definition) is 3. The predicted molar refractivity (Wildman–Crippen MR) is 113 cm³/mol. The molecule has 0 saturated carbocycles. The van der Waals surface area contributed by atoms with E-state index in [0.717, 1.165) is 12.1 Å². The minimum absolute atomic E-state index is 0. The largest absolute Gasteiger partial charge is 0.573 e. The first-order valence-corrected chi connectivity index (χ1v) is 8.57. The second-order valence-electron chi connectivity index (χ2n) is 5.84. The van der Waals surface area contributed by atoms with Crippen molar-refractivity contribution in [2.24, 2.45) is 4.99 Å². The summed E-state index contributed by atoms with van der Waals surface area (Å²) in [5.74, 6) is -0.289. The minimum atomic E-state index is -4.76. The SMILES string of the molecule is CCNC(=NCc1cccc(F)c1)NCC(O)c1ccc(OC(F)(F)F)cc1.I. The summed E-state index contributed by atoms with van der Waals surface area (Å²) in [4.78, 5) is 4.32. The van der Waals surface area contributed by atoms with Crippen molar-refractivity contribution in [2.75, 3.05) is 13.1 Å². The molecule has 10 heteroatoms. The van der Waals surface area contributed by atoms with Crippen molar-refractivity contribution in [1.29, 1.82) is 0 Å². The van der Waals surface area contributed by atoms with Gasteiger partial charge in [-0.2, -0.15) is 0 Å². The summed E-state index contributed by atoms with van der Waals surface area (Å²) in [6, 6.07) is 11.0. The Balaban J connectivity index is 0.00000420. The molecule has 0 amide bonds. The Kier molecular flexibility index (Phi) is 10.2. The van der Waals surface area contributed by atoms with E-state index in [-0.39, 0.29) is 48.6 Å². The highest BCUT2D eigenvalue weighted by atomic mass is 127. The summed E-state index contributed by atoms with van der Waals surface area (Å²) >= 11 is 0. The van der Waals surface area contributed by atoms with Gasteiger partial charge < -0.3 is 20.5 Å². The standard InChI is InChI=1S/C19H21F4N3O2.HI/c1-2-24-18(25-11-13-4-3-5-15(20)10-13)26-12-17(27)14-6-8-16(9-7-14)28-19(21,22)23;/h3-10,17,27H,2,11-12H2,1H3,(H2,24,25,26);1H. The average Bonchev–Trinajstić information content (AvgIpc) is 2.63. The number of halogens is 5. The number of rotatable bonds is 7. The van der Waals surface area contributed by atoms with Crippen molar-refractivity contribution < 1.29 is 27.4 Å². The molecule has 5 nitrogen and oxygen atoms in total. The highest BCUT2D eigenvalue weighted by molar-refractivity contribution is 14.0. The molecule has 2 rings (SSSR count). The fourth-order valence-electron chi connectivity index (χ4n) is 2.35. The number of alkyl halides is 3. The molecule has 29 heavy (non-hydrogen) atoms. The first kappa shape index (κ1) is 25.0. The number of aliphatic hydroxyl groups excluding tert-OH is 1. The quantitative estimate of drug-likeness (QED) is 0.219. The van der Waals surface area contributed by atoms with Gasteiger partial charge in [-0.15, -0.1) is 37.1 Å². The van der Waals surface area contributed by atoms with Gasteiger partial charge in [-0.05, 0) is 42.3 Å². The molecule has 0 aliphatic heterocycles. The number of nitrogens with one attached hydrogen (secondary N) is 2. The first-order chi connectivity index (χ1) is 13.3. The second kappa shape index (κ2) is 11.8. The van der Waals surface area contributed by atoms with Crippen molar-refractivity contribution >= 4 is 29.9 Å². The minimum Gasteiger partial charge on any atom is -0.406 e. The highest BCUT2D eigenvalue weighted by Gasteiger charge is 2.31. The number of hydrogen-bond donors (Lipinski definition) is 3. The van der Waals surface area contributed by atoms with Crippen molar-refractivity contribution in [3.63, 3.8) is 0 Å². The van der Waals surface area contributed by atoms with Crippen LogP contribution in [0, 0.1) is 5.82 Å². The lowest BCUT2D eigenvalue weighted by atomic mass is 10.1. The Labute approximate surface area is 183 Å². The van der Waals surface area contributed by atoms with E-state index < -0.39 is 12.5 Å². The van der Waals surface area contributed by atoms with Crippen LogP contribution >= 0.6 is 24.0 Å². The first-order valence-electron chi connectivity index (χ1n) is 8.57. The van der Waals surface area contributed by atoms with E-state index in [9.17, 15) is 22.7 Å². The third-order valence-electron chi connectivity index (χ3n) is 3.61. The molecule has 0 saturated heterocycles. The van der Waals surface area contributed by atoms with E-state index in [1.807, 2.05) is 6.92 Å². The van der Waals surface area contributed by atoms with Crippen LogP contribution < -0.4 is 15.4 Å². The maximum absolute atomic E-state index is 13.2.